The molecule has 0 saturated carbocycles. The van der Waals surface area contributed by atoms with Crippen molar-refractivity contribution in [1.29, 1.82) is 0 Å². The Morgan fingerprint density at radius 2 is 1.43 bits per heavy atom. The monoisotopic (exact) mass is 477 g/mol. The number of rotatable bonds is 7. The van der Waals surface area contributed by atoms with Crippen LogP contribution in [0.5, 0.6) is 0 Å². The van der Waals surface area contributed by atoms with Crippen LogP contribution in [0.25, 0.3) is 10.9 Å². The molecule has 0 spiro atoms. The van der Waals surface area contributed by atoms with E-state index in [0.29, 0.717) is 6.54 Å². The Morgan fingerprint density at radius 1 is 0.829 bits per heavy atom. The summed E-state index contributed by atoms with van der Waals surface area (Å²) in [6, 6.07) is 35.5. The van der Waals surface area contributed by atoms with Gasteiger partial charge in [-0.05, 0) is 28.8 Å². The van der Waals surface area contributed by atoms with Crippen LogP contribution in [0.3, 0.4) is 0 Å². The molecule has 172 valence electrons. The maximum absolute atomic E-state index is 13.2. The first-order valence-electron chi connectivity index (χ1n) is 11.4. The largest absolute Gasteiger partial charge is 0.342 e. The van der Waals surface area contributed by atoms with Gasteiger partial charge in [-0.25, -0.2) is 5.43 Å². The van der Waals surface area contributed by atoms with Crippen molar-refractivity contribution in [3.05, 3.63) is 143 Å². The number of nitrogens with one attached hydrogen (secondary N) is 1. The third kappa shape index (κ3) is 5.03. The molecule has 0 fully saturated rings. The van der Waals surface area contributed by atoms with Gasteiger partial charge in [0.1, 0.15) is 0 Å². The lowest BCUT2D eigenvalue weighted by Gasteiger charge is -2.16. The fourth-order valence-corrected chi connectivity index (χ4v) is 4.53. The van der Waals surface area contributed by atoms with Crippen molar-refractivity contribution < 1.29 is 4.79 Å². The van der Waals surface area contributed by atoms with Gasteiger partial charge in [-0.1, -0.05) is 109 Å². The van der Waals surface area contributed by atoms with E-state index in [-0.39, 0.29) is 5.91 Å². The zero-order chi connectivity index (χ0) is 24.0. The van der Waals surface area contributed by atoms with Gasteiger partial charge >= 0.3 is 0 Å². The molecule has 5 rings (SSSR count). The van der Waals surface area contributed by atoms with Crippen LogP contribution in [0.2, 0.25) is 5.02 Å². The second kappa shape index (κ2) is 10.4. The van der Waals surface area contributed by atoms with E-state index in [1.165, 1.54) is 0 Å². The lowest BCUT2D eigenvalue weighted by molar-refractivity contribution is -0.121. The molecule has 0 atom stereocenters. The summed E-state index contributed by atoms with van der Waals surface area (Å²) in [6.07, 6.45) is 3.74. The highest BCUT2D eigenvalue weighted by molar-refractivity contribution is 6.31. The molecule has 1 heterocycles. The molecule has 0 radical (unpaired) electrons. The van der Waals surface area contributed by atoms with Gasteiger partial charge < -0.3 is 4.57 Å². The molecule has 0 unspecified atom stereocenters. The first-order chi connectivity index (χ1) is 17.2. The van der Waals surface area contributed by atoms with Crippen molar-refractivity contribution in [2.75, 3.05) is 0 Å². The van der Waals surface area contributed by atoms with E-state index in [4.69, 9.17) is 11.6 Å². The van der Waals surface area contributed by atoms with Crippen LogP contribution >= 0.6 is 11.6 Å². The minimum absolute atomic E-state index is 0.182. The number of aromatic nitrogens is 1. The van der Waals surface area contributed by atoms with E-state index < -0.39 is 5.92 Å². The average Bonchev–Trinajstić information content (AvgIpc) is 3.24. The molecular formula is C30H24ClN3O. The van der Waals surface area contributed by atoms with E-state index in [2.05, 4.69) is 27.2 Å². The number of carbonyl (C=O) groups excluding carboxylic acids is 1. The van der Waals surface area contributed by atoms with E-state index in [1.807, 2.05) is 103 Å². The number of halogens is 1. The summed E-state index contributed by atoms with van der Waals surface area (Å²) in [5.74, 6) is -0.630. The third-order valence-electron chi connectivity index (χ3n) is 6.02. The van der Waals surface area contributed by atoms with E-state index in [9.17, 15) is 4.79 Å². The van der Waals surface area contributed by atoms with Gasteiger partial charge in [0, 0.05) is 34.2 Å². The zero-order valence-corrected chi connectivity index (χ0v) is 19.8. The van der Waals surface area contributed by atoms with Crippen LogP contribution < -0.4 is 5.43 Å². The molecule has 0 aliphatic carbocycles. The molecule has 4 nitrogen and oxygen atoms in total. The van der Waals surface area contributed by atoms with E-state index >= 15 is 0 Å². The summed E-state index contributed by atoms with van der Waals surface area (Å²) in [4.78, 5) is 13.2. The van der Waals surface area contributed by atoms with E-state index in [0.717, 1.165) is 38.2 Å². The molecule has 5 aromatic rings. The van der Waals surface area contributed by atoms with Gasteiger partial charge in [-0.2, -0.15) is 5.10 Å². The van der Waals surface area contributed by atoms with Gasteiger partial charge in [0.25, 0.3) is 5.91 Å². The Labute approximate surface area is 209 Å². The smallest absolute Gasteiger partial charge is 0.252 e. The number of para-hydroxylation sites is 1. The van der Waals surface area contributed by atoms with Crippen LogP contribution in [0, 0.1) is 0 Å². The fourth-order valence-electron chi connectivity index (χ4n) is 4.34. The highest BCUT2D eigenvalue weighted by atomic mass is 35.5. The third-order valence-corrected chi connectivity index (χ3v) is 6.39. The predicted molar refractivity (Wildman–Crippen MR) is 143 cm³/mol. The molecule has 0 bridgehead atoms. The number of fused-ring (bicyclic) bond motifs is 1. The van der Waals surface area contributed by atoms with Crippen LogP contribution in [-0.2, 0) is 11.3 Å². The van der Waals surface area contributed by atoms with Gasteiger partial charge in [-0.15, -0.1) is 0 Å². The summed E-state index contributed by atoms with van der Waals surface area (Å²) >= 11 is 6.39. The predicted octanol–water partition coefficient (Wildman–Crippen LogP) is 6.63. The van der Waals surface area contributed by atoms with Crippen LogP contribution in [0.1, 0.15) is 28.2 Å². The van der Waals surface area contributed by atoms with Crippen molar-refractivity contribution in [2.24, 2.45) is 5.10 Å². The first kappa shape index (κ1) is 22.6. The van der Waals surface area contributed by atoms with E-state index in [1.54, 1.807) is 6.21 Å². The maximum Gasteiger partial charge on any atom is 0.252 e. The van der Waals surface area contributed by atoms with Crippen molar-refractivity contribution in [3.8, 4) is 0 Å². The molecular weight excluding hydrogens is 454 g/mol. The van der Waals surface area contributed by atoms with Gasteiger partial charge in [0.15, 0.2) is 0 Å². The topological polar surface area (TPSA) is 46.4 Å². The van der Waals surface area contributed by atoms with Crippen molar-refractivity contribution >= 4 is 34.6 Å². The highest BCUT2D eigenvalue weighted by Gasteiger charge is 2.22. The Bertz CT molecular complexity index is 1440. The fraction of sp³-hybridized carbons (Fsp3) is 0.0667. The number of hydrogen-bond donors (Lipinski definition) is 1. The molecule has 4 aromatic carbocycles. The Morgan fingerprint density at radius 3 is 2.11 bits per heavy atom. The molecule has 0 saturated heterocycles. The minimum atomic E-state index is -0.448. The number of benzene rings is 4. The summed E-state index contributed by atoms with van der Waals surface area (Å²) in [6.45, 7) is 0.643. The Hall–Kier alpha value is -4.15. The van der Waals surface area contributed by atoms with Gasteiger partial charge in [0.05, 0.1) is 12.1 Å². The second-order valence-electron chi connectivity index (χ2n) is 8.31. The molecule has 5 heteroatoms. The Kier molecular flexibility index (Phi) is 6.73. The molecule has 0 aliphatic heterocycles. The molecule has 0 aliphatic rings. The van der Waals surface area contributed by atoms with Crippen LogP contribution in [0.15, 0.2) is 120 Å². The molecule has 1 aromatic heterocycles. The number of amides is 1. The Balaban J connectivity index is 1.41. The summed E-state index contributed by atoms with van der Waals surface area (Å²) in [5.41, 5.74) is 7.64. The van der Waals surface area contributed by atoms with Crippen molar-refractivity contribution in [3.63, 3.8) is 0 Å². The molecule has 1 amide bonds. The van der Waals surface area contributed by atoms with Crippen molar-refractivity contribution in [1.82, 2.24) is 9.99 Å². The van der Waals surface area contributed by atoms with Gasteiger partial charge in [-0.3, -0.25) is 4.79 Å². The molecule has 35 heavy (non-hydrogen) atoms. The maximum atomic E-state index is 13.2. The van der Waals surface area contributed by atoms with Crippen LogP contribution in [0.4, 0.5) is 0 Å². The summed E-state index contributed by atoms with van der Waals surface area (Å²) in [5, 5.41) is 6.13. The lowest BCUT2D eigenvalue weighted by Crippen LogP contribution is -2.26. The minimum Gasteiger partial charge on any atom is -0.342 e. The molecule has 1 N–H and O–H groups in total. The number of hydrogen-bond acceptors (Lipinski definition) is 2. The SMILES string of the molecule is O=C(N/N=C\c1cn(Cc2ccccc2Cl)c2ccccc12)C(c1ccccc1)c1ccccc1. The normalized spacial score (nSPS) is 11.4. The summed E-state index contributed by atoms with van der Waals surface area (Å²) in [7, 11) is 0. The van der Waals surface area contributed by atoms with Gasteiger partial charge in [0.2, 0.25) is 0 Å². The van der Waals surface area contributed by atoms with Crippen molar-refractivity contribution in [2.45, 2.75) is 12.5 Å². The number of carbonyl (C=O) groups is 1. The average molecular weight is 478 g/mol. The second-order valence-corrected chi connectivity index (χ2v) is 8.72. The first-order valence-corrected chi connectivity index (χ1v) is 11.8. The van der Waals surface area contributed by atoms with Crippen LogP contribution in [-0.4, -0.2) is 16.7 Å². The lowest BCUT2D eigenvalue weighted by atomic mass is 9.91. The number of hydrazone groups is 1. The number of nitrogens with zero attached hydrogens (tertiary/aromatic N) is 2. The summed E-state index contributed by atoms with van der Waals surface area (Å²) < 4.78 is 2.15. The standard InChI is InChI=1S/C30H24ClN3O/c31-27-17-9-7-15-24(27)20-34-21-25(26-16-8-10-18-28(26)34)19-32-33-30(35)29(22-11-3-1-4-12-22)23-13-5-2-6-14-23/h1-19,21,29H,20H2,(H,33,35)/b32-19-. The highest BCUT2D eigenvalue weighted by Crippen LogP contribution is 2.26. The quantitative estimate of drug-likeness (QED) is 0.207. The zero-order valence-electron chi connectivity index (χ0n) is 19.0.